The minimum atomic E-state index is -0.0342. The molecule has 0 fully saturated rings. The minimum absolute atomic E-state index is 0.0245. The maximum Gasteiger partial charge on any atom is 0.167 e. The summed E-state index contributed by atoms with van der Waals surface area (Å²) < 4.78 is 1.84. The molecule has 0 saturated carbocycles. The van der Waals surface area contributed by atoms with Crippen LogP contribution in [0.5, 0.6) is 5.75 Å². The van der Waals surface area contributed by atoms with Gasteiger partial charge in [-0.2, -0.15) is 0 Å². The molecule has 0 aromatic heterocycles. The monoisotopic (exact) mass is 486 g/mol. The first-order chi connectivity index (χ1) is 12.9. The fraction of sp³-hybridized carbons (Fsp3) is 0.0909. The second-order valence-corrected chi connectivity index (χ2v) is 8.05. The van der Waals surface area contributed by atoms with E-state index < -0.39 is 0 Å². The Balaban J connectivity index is 1.66. The zero-order valence-corrected chi connectivity index (χ0v) is 17.5. The molecule has 0 aliphatic heterocycles. The number of ketones is 2. The summed E-state index contributed by atoms with van der Waals surface area (Å²) in [4.78, 5) is 24.8. The predicted molar refractivity (Wildman–Crippen MR) is 112 cm³/mol. The van der Waals surface area contributed by atoms with Gasteiger partial charge in [-0.05, 0) is 53.6 Å². The van der Waals surface area contributed by atoms with Crippen molar-refractivity contribution in [1.82, 2.24) is 0 Å². The number of halogens is 2. The number of phenols is 1. The lowest BCUT2D eigenvalue weighted by molar-refractivity contribution is 0.0986. The zero-order chi connectivity index (χ0) is 19.4. The van der Waals surface area contributed by atoms with Gasteiger partial charge in [-0.1, -0.05) is 56.1 Å². The summed E-state index contributed by atoms with van der Waals surface area (Å²) in [6.45, 7) is 0. The van der Waals surface area contributed by atoms with Crippen LogP contribution in [0.3, 0.4) is 0 Å². The number of aromatic hydroxyl groups is 1. The Labute approximate surface area is 174 Å². The highest BCUT2D eigenvalue weighted by Gasteiger charge is 2.11. The second-order valence-electron chi connectivity index (χ2n) is 6.22. The Morgan fingerprint density at radius 3 is 1.63 bits per heavy atom. The van der Waals surface area contributed by atoms with Crippen molar-refractivity contribution in [2.24, 2.45) is 0 Å². The van der Waals surface area contributed by atoms with Gasteiger partial charge < -0.3 is 5.11 Å². The largest absolute Gasteiger partial charge is 0.508 e. The third kappa shape index (κ3) is 5.37. The summed E-state index contributed by atoms with van der Waals surface area (Å²) in [6.07, 6.45) is 0.557. The first-order valence-corrected chi connectivity index (χ1v) is 9.88. The molecule has 3 rings (SSSR count). The number of hydrogen-bond acceptors (Lipinski definition) is 3. The average Bonchev–Trinajstić information content (AvgIpc) is 2.62. The van der Waals surface area contributed by atoms with Crippen LogP contribution < -0.4 is 0 Å². The number of benzene rings is 3. The fourth-order valence-electron chi connectivity index (χ4n) is 2.74. The smallest absolute Gasteiger partial charge is 0.167 e. The molecule has 0 aliphatic carbocycles. The van der Waals surface area contributed by atoms with Gasteiger partial charge in [0.25, 0.3) is 0 Å². The standard InChI is InChI=1S/C22H16Br2O3/c23-18-9-15(10-19(24)13-18)12-22(27)16-3-1-14(2-4-16)11-21(26)17-5-7-20(25)8-6-17/h1-10,13,25H,11-12H2. The quantitative estimate of drug-likeness (QED) is 0.449. The van der Waals surface area contributed by atoms with E-state index in [1.807, 2.05) is 30.3 Å². The van der Waals surface area contributed by atoms with Gasteiger partial charge in [0.05, 0.1) is 0 Å². The summed E-state index contributed by atoms with van der Waals surface area (Å²) in [6, 6.07) is 19.1. The normalized spacial score (nSPS) is 10.6. The molecule has 3 aromatic carbocycles. The van der Waals surface area contributed by atoms with Crippen molar-refractivity contribution >= 4 is 43.4 Å². The van der Waals surface area contributed by atoms with Gasteiger partial charge >= 0.3 is 0 Å². The van der Waals surface area contributed by atoms with Crippen molar-refractivity contribution in [1.29, 1.82) is 0 Å². The highest BCUT2D eigenvalue weighted by atomic mass is 79.9. The average molecular weight is 488 g/mol. The summed E-state index contributed by atoms with van der Waals surface area (Å²) >= 11 is 6.86. The first kappa shape index (κ1) is 19.5. The van der Waals surface area contributed by atoms with Gasteiger partial charge in [-0.3, -0.25) is 9.59 Å². The molecule has 0 aliphatic rings. The van der Waals surface area contributed by atoms with Crippen LogP contribution in [-0.2, 0) is 12.8 Å². The van der Waals surface area contributed by atoms with Crippen molar-refractivity contribution in [2.75, 3.05) is 0 Å². The van der Waals surface area contributed by atoms with Gasteiger partial charge in [0, 0.05) is 32.9 Å². The summed E-state index contributed by atoms with van der Waals surface area (Å²) in [5.74, 6) is 0.122. The van der Waals surface area contributed by atoms with Crippen LogP contribution >= 0.6 is 31.9 Å². The van der Waals surface area contributed by atoms with Crippen molar-refractivity contribution in [2.45, 2.75) is 12.8 Å². The summed E-state index contributed by atoms with van der Waals surface area (Å²) in [5, 5.41) is 9.30. The molecule has 0 radical (unpaired) electrons. The molecule has 0 unspecified atom stereocenters. The molecule has 0 atom stereocenters. The topological polar surface area (TPSA) is 54.4 Å². The Morgan fingerprint density at radius 2 is 1.11 bits per heavy atom. The first-order valence-electron chi connectivity index (χ1n) is 8.30. The van der Waals surface area contributed by atoms with E-state index in [2.05, 4.69) is 31.9 Å². The van der Waals surface area contributed by atoms with Gasteiger partial charge in [-0.25, -0.2) is 0 Å². The molecule has 1 N–H and O–H groups in total. The van der Waals surface area contributed by atoms with E-state index in [9.17, 15) is 14.7 Å². The van der Waals surface area contributed by atoms with E-state index >= 15 is 0 Å². The lowest BCUT2D eigenvalue weighted by atomic mass is 9.99. The third-order valence-electron chi connectivity index (χ3n) is 4.12. The Morgan fingerprint density at radius 1 is 0.667 bits per heavy atom. The van der Waals surface area contributed by atoms with Gasteiger partial charge in [0.2, 0.25) is 0 Å². The van der Waals surface area contributed by atoms with E-state index in [1.165, 1.54) is 12.1 Å². The second kappa shape index (κ2) is 8.63. The molecule has 0 heterocycles. The van der Waals surface area contributed by atoms with Gasteiger partial charge in [-0.15, -0.1) is 0 Å². The fourth-order valence-corrected chi connectivity index (χ4v) is 4.13. The predicted octanol–water partition coefficient (Wildman–Crippen LogP) is 5.77. The van der Waals surface area contributed by atoms with Crippen LogP contribution in [0, 0.1) is 0 Å². The molecule has 136 valence electrons. The summed E-state index contributed by atoms with van der Waals surface area (Å²) in [7, 11) is 0. The highest BCUT2D eigenvalue weighted by molar-refractivity contribution is 9.11. The number of Topliss-reactive ketones (excluding diaryl/α,β-unsaturated/α-hetero) is 2. The zero-order valence-electron chi connectivity index (χ0n) is 14.3. The maximum absolute atomic E-state index is 12.5. The number of carbonyl (C=O) groups excluding carboxylic acids is 2. The van der Waals surface area contributed by atoms with E-state index in [4.69, 9.17) is 0 Å². The lowest BCUT2D eigenvalue weighted by Gasteiger charge is -2.06. The molecule has 0 amide bonds. The van der Waals surface area contributed by atoms with Crippen LogP contribution in [0.25, 0.3) is 0 Å². The molecular weight excluding hydrogens is 472 g/mol. The SMILES string of the molecule is O=C(Cc1ccc(C(=O)Cc2cc(Br)cc(Br)c2)cc1)c1ccc(O)cc1. The lowest BCUT2D eigenvalue weighted by Crippen LogP contribution is -2.06. The van der Waals surface area contributed by atoms with E-state index in [0.29, 0.717) is 17.5 Å². The molecule has 3 aromatic rings. The Hall–Kier alpha value is -2.24. The van der Waals surface area contributed by atoms with Gasteiger partial charge in [0.15, 0.2) is 11.6 Å². The van der Waals surface area contributed by atoms with Gasteiger partial charge in [0.1, 0.15) is 5.75 Å². The van der Waals surface area contributed by atoms with Crippen molar-refractivity contribution in [3.63, 3.8) is 0 Å². The van der Waals surface area contributed by atoms with E-state index in [1.54, 1.807) is 24.3 Å². The highest BCUT2D eigenvalue weighted by Crippen LogP contribution is 2.21. The van der Waals surface area contributed by atoms with Crippen LogP contribution in [-0.4, -0.2) is 16.7 Å². The minimum Gasteiger partial charge on any atom is -0.508 e. The van der Waals surface area contributed by atoms with Crippen molar-refractivity contribution < 1.29 is 14.7 Å². The molecule has 5 heteroatoms. The number of rotatable bonds is 6. The number of hydrogen-bond donors (Lipinski definition) is 1. The Kier molecular flexibility index (Phi) is 6.24. The van der Waals surface area contributed by atoms with Crippen molar-refractivity contribution in [3.05, 3.63) is 97.9 Å². The Bertz CT molecular complexity index is 957. The maximum atomic E-state index is 12.5. The van der Waals surface area contributed by atoms with E-state index in [0.717, 1.165) is 20.1 Å². The van der Waals surface area contributed by atoms with Crippen LogP contribution in [0.2, 0.25) is 0 Å². The van der Waals surface area contributed by atoms with Crippen LogP contribution in [0.1, 0.15) is 31.8 Å². The van der Waals surface area contributed by atoms with Crippen LogP contribution in [0.15, 0.2) is 75.7 Å². The number of carbonyl (C=O) groups is 2. The molecule has 0 spiro atoms. The molecule has 27 heavy (non-hydrogen) atoms. The third-order valence-corrected chi connectivity index (χ3v) is 5.03. The molecular formula is C22H16Br2O3. The molecule has 3 nitrogen and oxygen atoms in total. The van der Waals surface area contributed by atoms with E-state index in [-0.39, 0.29) is 23.7 Å². The molecule has 0 bridgehead atoms. The number of phenolic OH excluding ortho intramolecular Hbond substituents is 1. The molecule has 0 saturated heterocycles. The van der Waals surface area contributed by atoms with Crippen molar-refractivity contribution in [3.8, 4) is 5.75 Å². The summed E-state index contributed by atoms with van der Waals surface area (Å²) in [5.41, 5.74) is 2.93. The van der Waals surface area contributed by atoms with Crippen LogP contribution in [0.4, 0.5) is 0 Å².